The van der Waals surface area contributed by atoms with Crippen LogP contribution < -0.4 is 15.4 Å². The third-order valence-corrected chi connectivity index (χ3v) is 3.69. The maximum atomic E-state index is 12.9. The maximum absolute atomic E-state index is 12.9. The Morgan fingerprint density at radius 2 is 1.69 bits per heavy atom. The molecular formula is C18H17F3N2O2S. The molecule has 2 N–H and O–H groups in total. The van der Waals surface area contributed by atoms with Crippen LogP contribution in [0.2, 0.25) is 0 Å². The summed E-state index contributed by atoms with van der Waals surface area (Å²) >= 11 is 5.04. The highest BCUT2D eigenvalue weighted by Crippen LogP contribution is 2.34. The summed E-state index contributed by atoms with van der Waals surface area (Å²) in [6.07, 6.45) is -4.51. The van der Waals surface area contributed by atoms with Crippen molar-refractivity contribution in [1.29, 1.82) is 0 Å². The Morgan fingerprint density at radius 3 is 2.23 bits per heavy atom. The molecule has 2 aromatic rings. The molecule has 1 amide bonds. The molecule has 0 radical (unpaired) electrons. The summed E-state index contributed by atoms with van der Waals surface area (Å²) < 4.78 is 43.7. The third-order valence-electron chi connectivity index (χ3n) is 3.49. The van der Waals surface area contributed by atoms with Gasteiger partial charge in [0, 0.05) is 5.56 Å². The molecular weight excluding hydrogens is 365 g/mol. The minimum Gasteiger partial charge on any atom is -0.495 e. The van der Waals surface area contributed by atoms with Gasteiger partial charge < -0.3 is 10.1 Å². The molecule has 0 heterocycles. The molecule has 0 saturated heterocycles. The number of hydrogen-bond acceptors (Lipinski definition) is 3. The van der Waals surface area contributed by atoms with Gasteiger partial charge in [0.1, 0.15) is 5.75 Å². The minimum atomic E-state index is -4.51. The quantitative estimate of drug-likeness (QED) is 0.770. The standard InChI is InChI=1S/C18H17F3N2O2S/c1-10-6-11(2)8-12(7-10)16(24)23-17(26)22-14-9-13(18(19,20)21)4-5-15(14)25-3/h4-9H,1-3H3,(H2,22,23,24,26). The van der Waals surface area contributed by atoms with Crippen molar-refractivity contribution < 1.29 is 22.7 Å². The second-order valence-electron chi connectivity index (χ2n) is 5.70. The average Bonchev–Trinajstić information content (AvgIpc) is 2.52. The van der Waals surface area contributed by atoms with Crippen LogP contribution in [-0.4, -0.2) is 18.1 Å². The maximum Gasteiger partial charge on any atom is 0.416 e. The summed E-state index contributed by atoms with van der Waals surface area (Å²) in [7, 11) is 1.32. The molecule has 0 atom stereocenters. The lowest BCUT2D eigenvalue weighted by Crippen LogP contribution is -2.34. The highest BCUT2D eigenvalue weighted by molar-refractivity contribution is 7.80. The number of benzene rings is 2. The average molecular weight is 382 g/mol. The zero-order valence-corrected chi connectivity index (χ0v) is 15.1. The van der Waals surface area contributed by atoms with Crippen LogP contribution in [0.1, 0.15) is 27.0 Å². The molecule has 0 bridgehead atoms. The molecule has 0 aromatic heterocycles. The van der Waals surface area contributed by atoms with E-state index in [1.165, 1.54) is 13.2 Å². The number of rotatable bonds is 3. The van der Waals surface area contributed by atoms with Gasteiger partial charge in [0.05, 0.1) is 18.4 Å². The van der Waals surface area contributed by atoms with Gasteiger partial charge in [-0.3, -0.25) is 10.1 Å². The highest BCUT2D eigenvalue weighted by Gasteiger charge is 2.31. The number of nitrogens with one attached hydrogen (secondary N) is 2. The van der Waals surface area contributed by atoms with Crippen LogP contribution in [0.3, 0.4) is 0 Å². The molecule has 0 saturated carbocycles. The van der Waals surface area contributed by atoms with Crippen molar-refractivity contribution in [2.24, 2.45) is 0 Å². The molecule has 138 valence electrons. The molecule has 0 aliphatic rings. The molecule has 8 heteroatoms. The molecule has 2 rings (SSSR count). The van der Waals surface area contributed by atoms with Gasteiger partial charge in [-0.1, -0.05) is 17.2 Å². The number of methoxy groups -OCH3 is 1. The predicted octanol–water partition coefficient (Wildman–Crippen LogP) is 4.46. The Labute approximate surface area is 154 Å². The van der Waals surface area contributed by atoms with Crippen LogP contribution in [0.5, 0.6) is 5.75 Å². The summed E-state index contributed by atoms with van der Waals surface area (Å²) in [6, 6.07) is 8.25. The summed E-state index contributed by atoms with van der Waals surface area (Å²) in [5, 5.41) is 4.90. The monoisotopic (exact) mass is 382 g/mol. The second kappa shape index (κ2) is 7.74. The summed E-state index contributed by atoms with van der Waals surface area (Å²) in [6.45, 7) is 3.71. The first-order chi connectivity index (χ1) is 12.1. The van der Waals surface area contributed by atoms with Crippen LogP contribution >= 0.6 is 12.2 Å². The SMILES string of the molecule is COc1ccc(C(F)(F)F)cc1NC(=S)NC(=O)c1cc(C)cc(C)c1. The largest absolute Gasteiger partial charge is 0.495 e. The van der Waals surface area contributed by atoms with Crippen LogP contribution in [0, 0.1) is 13.8 Å². The van der Waals surface area contributed by atoms with Gasteiger partial charge in [0.25, 0.3) is 5.91 Å². The fourth-order valence-electron chi connectivity index (χ4n) is 2.42. The van der Waals surface area contributed by atoms with E-state index in [9.17, 15) is 18.0 Å². The summed E-state index contributed by atoms with van der Waals surface area (Å²) in [4.78, 5) is 12.3. The van der Waals surface area contributed by atoms with Gasteiger partial charge in [-0.2, -0.15) is 13.2 Å². The number of amides is 1. The van der Waals surface area contributed by atoms with E-state index in [0.29, 0.717) is 5.56 Å². The van der Waals surface area contributed by atoms with E-state index in [-0.39, 0.29) is 16.5 Å². The lowest BCUT2D eigenvalue weighted by Gasteiger charge is -2.15. The van der Waals surface area contributed by atoms with Crippen molar-refractivity contribution in [2.75, 3.05) is 12.4 Å². The topological polar surface area (TPSA) is 50.4 Å². The smallest absolute Gasteiger partial charge is 0.416 e. The minimum absolute atomic E-state index is 0.00745. The van der Waals surface area contributed by atoms with Gasteiger partial charge in [-0.15, -0.1) is 0 Å². The highest BCUT2D eigenvalue weighted by atomic mass is 32.1. The van der Waals surface area contributed by atoms with E-state index in [0.717, 1.165) is 23.3 Å². The van der Waals surface area contributed by atoms with E-state index >= 15 is 0 Å². The molecule has 0 unspecified atom stereocenters. The number of carbonyl (C=O) groups excluding carboxylic acids is 1. The summed E-state index contributed by atoms with van der Waals surface area (Å²) in [5.74, 6) is -0.291. The Balaban J connectivity index is 2.17. The van der Waals surface area contributed by atoms with E-state index in [2.05, 4.69) is 10.6 Å². The Kier molecular flexibility index (Phi) is 5.86. The molecule has 4 nitrogen and oxygen atoms in total. The van der Waals surface area contributed by atoms with Gasteiger partial charge in [0.15, 0.2) is 5.11 Å². The second-order valence-corrected chi connectivity index (χ2v) is 6.11. The van der Waals surface area contributed by atoms with Gasteiger partial charge in [-0.05, 0) is 56.4 Å². The number of anilines is 1. The molecule has 0 aliphatic heterocycles. The first-order valence-electron chi connectivity index (χ1n) is 7.56. The van der Waals surface area contributed by atoms with Gasteiger partial charge >= 0.3 is 6.18 Å². The number of aryl methyl sites for hydroxylation is 2. The lowest BCUT2D eigenvalue weighted by molar-refractivity contribution is -0.137. The Hall–Kier alpha value is -2.61. The molecule has 0 spiro atoms. The van der Waals surface area contributed by atoms with Crippen LogP contribution in [-0.2, 0) is 6.18 Å². The van der Waals surface area contributed by atoms with Crippen molar-refractivity contribution >= 4 is 28.9 Å². The van der Waals surface area contributed by atoms with Crippen molar-refractivity contribution in [1.82, 2.24) is 5.32 Å². The predicted molar refractivity (Wildman–Crippen MR) is 97.6 cm³/mol. The van der Waals surface area contributed by atoms with Crippen molar-refractivity contribution in [2.45, 2.75) is 20.0 Å². The van der Waals surface area contributed by atoms with E-state index in [1.54, 1.807) is 12.1 Å². The Morgan fingerprint density at radius 1 is 1.08 bits per heavy atom. The van der Waals surface area contributed by atoms with E-state index < -0.39 is 17.6 Å². The van der Waals surface area contributed by atoms with Crippen LogP contribution in [0.4, 0.5) is 18.9 Å². The Bertz CT molecular complexity index is 831. The molecule has 0 aliphatic carbocycles. The van der Waals surface area contributed by atoms with Crippen molar-refractivity contribution in [3.05, 3.63) is 58.7 Å². The van der Waals surface area contributed by atoms with E-state index in [1.807, 2.05) is 19.9 Å². The number of carbonyl (C=O) groups is 1. The number of hydrogen-bond donors (Lipinski definition) is 2. The molecule has 2 aromatic carbocycles. The number of ether oxygens (including phenoxy) is 1. The van der Waals surface area contributed by atoms with Crippen LogP contribution in [0.15, 0.2) is 36.4 Å². The normalized spacial score (nSPS) is 11.0. The van der Waals surface area contributed by atoms with Gasteiger partial charge in [-0.25, -0.2) is 0 Å². The van der Waals surface area contributed by atoms with Crippen LogP contribution in [0.25, 0.3) is 0 Å². The lowest BCUT2D eigenvalue weighted by atomic mass is 10.1. The first-order valence-corrected chi connectivity index (χ1v) is 7.97. The number of alkyl halides is 3. The van der Waals surface area contributed by atoms with Crippen molar-refractivity contribution in [3.8, 4) is 5.75 Å². The van der Waals surface area contributed by atoms with Crippen molar-refractivity contribution in [3.63, 3.8) is 0 Å². The fraction of sp³-hybridized carbons (Fsp3) is 0.222. The number of thiocarbonyl (C=S) groups is 1. The first kappa shape index (κ1) is 19.7. The fourth-order valence-corrected chi connectivity index (χ4v) is 2.62. The van der Waals surface area contributed by atoms with E-state index in [4.69, 9.17) is 17.0 Å². The van der Waals surface area contributed by atoms with Gasteiger partial charge in [0.2, 0.25) is 0 Å². The summed E-state index contributed by atoms with van der Waals surface area (Å²) in [5.41, 5.74) is 1.38. The zero-order valence-electron chi connectivity index (χ0n) is 14.3. The molecule has 0 fully saturated rings. The third kappa shape index (κ3) is 4.95. The molecule has 26 heavy (non-hydrogen) atoms. The number of halogens is 3. The zero-order chi connectivity index (χ0) is 19.5.